The fourth-order valence-corrected chi connectivity index (χ4v) is 1.58. The van der Waals surface area contributed by atoms with Crippen LogP contribution in [0.2, 0.25) is 0 Å². The van der Waals surface area contributed by atoms with Crippen LogP contribution in [0, 0.1) is 13.8 Å². The Labute approximate surface area is 103 Å². The highest BCUT2D eigenvalue weighted by atomic mass is 16.1. The van der Waals surface area contributed by atoms with Gasteiger partial charge in [-0.1, -0.05) is 6.92 Å². The van der Waals surface area contributed by atoms with Crippen molar-refractivity contribution >= 4 is 12.0 Å². The molecule has 4 heteroatoms. The summed E-state index contributed by atoms with van der Waals surface area (Å²) < 4.78 is 1.82. The number of amides is 1. The number of aryl methyl sites for hydroxylation is 2. The van der Waals surface area contributed by atoms with Crippen molar-refractivity contribution in [2.45, 2.75) is 40.2 Å². The lowest BCUT2D eigenvalue weighted by molar-refractivity contribution is -0.117. The van der Waals surface area contributed by atoms with Gasteiger partial charge in [0.25, 0.3) is 0 Å². The van der Waals surface area contributed by atoms with Crippen molar-refractivity contribution in [3.05, 3.63) is 23.0 Å². The minimum absolute atomic E-state index is 0.0537. The van der Waals surface area contributed by atoms with E-state index >= 15 is 0 Å². The van der Waals surface area contributed by atoms with E-state index in [9.17, 15) is 4.79 Å². The molecule has 0 aliphatic carbocycles. The predicted molar refractivity (Wildman–Crippen MR) is 69.6 cm³/mol. The van der Waals surface area contributed by atoms with Gasteiger partial charge in [-0.3, -0.25) is 9.48 Å². The van der Waals surface area contributed by atoms with Crippen molar-refractivity contribution < 1.29 is 4.79 Å². The van der Waals surface area contributed by atoms with Gasteiger partial charge in [-0.25, -0.2) is 0 Å². The fraction of sp³-hybridized carbons (Fsp3) is 0.538. The van der Waals surface area contributed by atoms with E-state index in [0.29, 0.717) is 0 Å². The number of hydrogen-bond acceptors (Lipinski definition) is 2. The molecule has 0 spiro atoms. The van der Waals surface area contributed by atoms with E-state index < -0.39 is 0 Å². The van der Waals surface area contributed by atoms with Crippen LogP contribution in [0.25, 0.3) is 6.08 Å². The molecule has 0 aliphatic rings. The Kier molecular flexibility index (Phi) is 4.49. The quantitative estimate of drug-likeness (QED) is 0.811. The minimum Gasteiger partial charge on any atom is -0.350 e. The molecule has 1 aromatic heterocycles. The maximum Gasteiger partial charge on any atom is 0.244 e. The van der Waals surface area contributed by atoms with E-state index in [4.69, 9.17) is 0 Å². The maximum absolute atomic E-state index is 11.6. The second kappa shape index (κ2) is 5.66. The molecule has 0 radical (unpaired) electrons. The van der Waals surface area contributed by atoms with Crippen molar-refractivity contribution in [1.82, 2.24) is 15.1 Å². The molecule has 94 valence electrons. The third-order valence-corrected chi connectivity index (χ3v) is 2.97. The Morgan fingerprint density at radius 3 is 2.65 bits per heavy atom. The monoisotopic (exact) mass is 235 g/mol. The number of nitrogens with one attached hydrogen (secondary N) is 1. The first-order valence-corrected chi connectivity index (χ1v) is 5.94. The third kappa shape index (κ3) is 3.44. The van der Waals surface area contributed by atoms with Crippen LogP contribution in [0.3, 0.4) is 0 Å². The number of rotatable bonds is 4. The summed E-state index contributed by atoms with van der Waals surface area (Å²) in [6.07, 6.45) is 4.34. The lowest BCUT2D eigenvalue weighted by Gasteiger charge is -2.08. The molecule has 1 heterocycles. The van der Waals surface area contributed by atoms with E-state index in [1.807, 2.05) is 45.5 Å². The Bertz CT molecular complexity index is 432. The molecule has 1 atom stereocenters. The molecule has 0 aromatic carbocycles. The Morgan fingerprint density at radius 2 is 2.18 bits per heavy atom. The van der Waals surface area contributed by atoms with Gasteiger partial charge in [0, 0.05) is 30.4 Å². The summed E-state index contributed by atoms with van der Waals surface area (Å²) >= 11 is 0. The van der Waals surface area contributed by atoms with Gasteiger partial charge in [0.05, 0.1) is 5.69 Å². The van der Waals surface area contributed by atoms with E-state index in [1.165, 1.54) is 0 Å². The van der Waals surface area contributed by atoms with Crippen LogP contribution in [0.4, 0.5) is 0 Å². The average molecular weight is 235 g/mol. The van der Waals surface area contributed by atoms with Gasteiger partial charge in [-0.15, -0.1) is 0 Å². The third-order valence-electron chi connectivity index (χ3n) is 2.97. The predicted octanol–water partition coefficient (Wildman–Crippen LogP) is 1.96. The van der Waals surface area contributed by atoms with Crippen LogP contribution in [0.15, 0.2) is 6.08 Å². The first kappa shape index (κ1) is 13.5. The number of carbonyl (C=O) groups is 1. The van der Waals surface area contributed by atoms with E-state index in [0.717, 1.165) is 23.4 Å². The molecule has 1 aromatic rings. The highest BCUT2D eigenvalue weighted by Crippen LogP contribution is 2.13. The van der Waals surface area contributed by atoms with Gasteiger partial charge in [0.2, 0.25) is 5.91 Å². The zero-order valence-electron chi connectivity index (χ0n) is 11.2. The largest absolute Gasteiger partial charge is 0.350 e. The molecule has 0 unspecified atom stereocenters. The summed E-state index contributed by atoms with van der Waals surface area (Å²) in [5.41, 5.74) is 3.03. The molecular formula is C13H21N3O. The molecular weight excluding hydrogens is 214 g/mol. The summed E-state index contributed by atoms with van der Waals surface area (Å²) in [7, 11) is 1.90. The Balaban J connectivity index is 2.74. The number of nitrogens with zero attached hydrogens (tertiary/aromatic N) is 2. The number of hydrogen-bond donors (Lipinski definition) is 1. The molecule has 17 heavy (non-hydrogen) atoms. The van der Waals surface area contributed by atoms with Gasteiger partial charge in [0.1, 0.15) is 0 Å². The van der Waals surface area contributed by atoms with Crippen LogP contribution in [0.5, 0.6) is 0 Å². The van der Waals surface area contributed by atoms with Crippen LogP contribution >= 0.6 is 0 Å². The van der Waals surface area contributed by atoms with E-state index in [1.54, 1.807) is 6.08 Å². The van der Waals surface area contributed by atoms with Crippen molar-refractivity contribution in [2.75, 3.05) is 0 Å². The standard InChI is InChI=1S/C13H21N3O/c1-6-9(2)14-13(17)8-7-12-10(3)15-16(5)11(12)4/h7-9H,6H2,1-5H3,(H,14,17)/b8-7+/t9-/m0/s1. The van der Waals surface area contributed by atoms with Crippen molar-refractivity contribution in [2.24, 2.45) is 7.05 Å². The minimum atomic E-state index is -0.0537. The topological polar surface area (TPSA) is 46.9 Å². The van der Waals surface area contributed by atoms with E-state index in [2.05, 4.69) is 10.4 Å². The van der Waals surface area contributed by atoms with Crippen LogP contribution in [-0.2, 0) is 11.8 Å². The molecule has 0 bridgehead atoms. The number of aromatic nitrogens is 2. The summed E-state index contributed by atoms with van der Waals surface area (Å²) in [6.45, 7) is 7.97. The summed E-state index contributed by atoms with van der Waals surface area (Å²) in [6, 6.07) is 0.211. The molecule has 1 rings (SSSR count). The molecule has 4 nitrogen and oxygen atoms in total. The lowest BCUT2D eigenvalue weighted by atomic mass is 10.2. The second-order valence-electron chi connectivity index (χ2n) is 4.36. The van der Waals surface area contributed by atoms with Crippen LogP contribution in [0.1, 0.15) is 37.2 Å². The zero-order chi connectivity index (χ0) is 13.0. The van der Waals surface area contributed by atoms with Crippen molar-refractivity contribution in [1.29, 1.82) is 0 Å². The summed E-state index contributed by atoms with van der Waals surface area (Å²) in [4.78, 5) is 11.6. The maximum atomic E-state index is 11.6. The molecule has 1 N–H and O–H groups in total. The highest BCUT2D eigenvalue weighted by Gasteiger charge is 2.07. The van der Waals surface area contributed by atoms with Gasteiger partial charge in [-0.05, 0) is 33.3 Å². The highest BCUT2D eigenvalue weighted by molar-refractivity contribution is 5.92. The molecule has 1 amide bonds. The van der Waals surface area contributed by atoms with Crippen LogP contribution in [-0.4, -0.2) is 21.7 Å². The second-order valence-corrected chi connectivity index (χ2v) is 4.36. The lowest BCUT2D eigenvalue weighted by Crippen LogP contribution is -2.30. The van der Waals surface area contributed by atoms with Gasteiger partial charge in [-0.2, -0.15) is 5.10 Å². The van der Waals surface area contributed by atoms with Gasteiger partial charge < -0.3 is 5.32 Å². The van der Waals surface area contributed by atoms with Gasteiger partial charge >= 0.3 is 0 Å². The molecule has 0 aliphatic heterocycles. The molecule has 0 fully saturated rings. The number of carbonyl (C=O) groups excluding carboxylic acids is 1. The Morgan fingerprint density at radius 1 is 1.53 bits per heavy atom. The zero-order valence-corrected chi connectivity index (χ0v) is 11.2. The van der Waals surface area contributed by atoms with Gasteiger partial charge in [0.15, 0.2) is 0 Å². The summed E-state index contributed by atoms with van der Waals surface area (Å²) in [5.74, 6) is -0.0537. The SMILES string of the molecule is CC[C@H](C)NC(=O)/C=C/c1c(C)nn(C)c1C. The fourth-order valence-electron chi connectivity index (χ4n) is 1.58. The normalized spacial score (nSPS) is 13.0. The van der Waals surface area contributed by atoms with Crippen LogP contribution < -0.4 is 5.32 Å². The molecule has 0 saturated heterocycles. The average Bonchev–Trinajstić information content (AvgIpc) is 2.51. The summed E-state index contributed by atoms with van der Waals surface area (Å²) in [5, 5.41) is 7.19. The Hall–Kier alpha value is -1.58. The first-order chi connectivity index (χ1) is 7.95. The van der Waals surface area contributed by atoms with Crippen molar-refractivity contribution in [3.8, 4) is 0 Å². The van der Waals surface area contributed by atoms with Crippen molar-refractivity contribution in [3.63, 3.8) is 0 Å². The first-order valence-electron chi connectivity index (χ1n) is 5.94. The smallest absolute Gasteiger partial charge is 0.244 e. The molecule has 0 saturated carbocycles. The van der Waals surface area contributed by atoms with E-state index in [-0.39, 0.29) is 11.9 Å².